The van der Waals surface area contributed by atoms with Gasteiger partial charge in [-0.05, 0) is 26.2 Å². The van der Waals surface area contributed by atoms with Gasteiger partial charge in [0, 0.05) is 18.7 Å². The summed E-state index contributed by atoms with van der Waals surface area (Å²) < 4.78 is 0. The van der Waals surface area contributed by atoms with Crippen molar-refractivity contribution in [2.24, 2.45) is 0 Å². The van der Waals surface area contributed by atoms with Gasteiger partial charge in [-0.1, -0.05) is 18.7 Å². The second-order valence-electron chi connectivity index (χ2n) is 4.67. The SMILES string of the molecule is CCc1nc(SCC(=O)N2CCCC2)[nH]c(=O)c1C. The lowest BCUT2D eigenvalue weighted by atomic mass is 10.2. The molecule has 0 bridgehead atoms. The van der Waals surface area contributed by atoms with Gasteiger partial charge in [0.25, 0.3) is 5.56 Å². The summed E-state index contributed by atoms with van der Waals surface area (Å²) in [7, 11) is 0. The molecule has 1 aliphatic rings. The van der Waals surface area contributed by atoms with Crippen LogP contribution in [0.2, 0.25) is 0 Å². The van der Waals surface area contributed by atoms with Crippen LogP contribution < -0.4 is 5.56 Å². The normalized spacial score (nSPS) is 14.9. The highest BCUT2D eigenvalue weighted by Crippen LogP contribution is 2.16. The van der Waals surface area contributed by atoms with Gasteiger partial charge in [-0.3, -0.25) is 9.59 Å². The zero-order valence-electron chi connectivity index (χ0n) is 11.4. The summed E-state index contributed by atoms with van der Waals surface area (Å²) in [5, 5.41) is 0.542. The summed E-state index contributed by atoms with van der Waals surface area (Å²) >= 11 is 1.31. The molecule has 1 aromatic heterocycles. The molecule has 19 heavy (non-hydrogen) atoms. The topological polar surface area (TPSA) is 66.1 Å². The first kappa shape index (κ1) is 14.1. The van der Waals surface area contributed by atoms with Gasteiger partial charge in [-0.2, -0.15) is 0 Å². The van der Waals surface area contributed by atoms with Crippen molar-refractivity contribution >= 4 is 17.7 Å². The molecule has 2 rings (SSSR count). The van der Waals surface area contributed by atoms with E-state index in [9.17, 15) is 9.59 Å². The standard InChI is InChI=1S/C13H19N3O2S/c1-3-10-9(2)12(18)15-13(14-10)19-8-11(17)16-6-4-5-7-16/h3-8H2,1-2H3,(H,14,15,18). The average Bonchev–Trinajstić information content (AvgIpc) is 2.93. The minimum atomic E-state index is -0.108. The van der Waals surface area contributed by atoms with Crippen LogP contribution in [0.1, 0.15) is 31.0 Å². The number of aryl methyl sites for hydroxylation is 1. The van der Waals surface area contributed by atoms with E-state index in [-0.39, 0.29) is 11.5 Å². The van der Waals surface area contributed by atoms with Crippen LogP contribution in [0.4, 0.5) is 0 Å². The van der Waals surface area contributed by atoms with E-state index < -0.39 is 0 Å². The van der Waals surface area contributed by atoms with Gasteiger partial charge in [0.15, 0.2) is 5.16 Å². The first-order valence-corrected chi connectivity index (χ1v) is 7.60. The molecule has 1 aliphatic heterocycles. The third-order valence-electron chi connectivity index (χ3n) is 3.36. The number of carbonyl (C=O) groups excluding carboxylic acids is 1. The number of hydrogen-bond acceptors (Lipinski definition) is 4. The number of aromatic amines is 1. The second-order valence-corrected chi connectivity index (χ2v) is 5.64. The van der Waals surface area contributed by atoms with Crippen molar-refractivity contribution in [3.05, 3.63) is 21.6 Å². The molecular weight excluding hydrogens is 262 g/mol. The number of aromatic nitrogens is 2. The third-order valence-corrected chi connectivity index (χ3v) is 4.21. The van der Waals surface area contributed by atoms with E-state index >= 15 is 0 Å². The molecule has 1 saturated heterocycles. The van der Waals surface area contributed by atoms with Crippen LogP contribution in [0, 0.1) is 6.92 Å². The lowest BCUT2D eigenvalue weighted by molar-refractivity contribution is -0.127. The molecule has 0 radical (unpaired) electrons. The molecule has 104 valence electrons. The summed E-state index contributed by atoms with van der Waals surface area (Å²) in [6.45, 7) is 5.46. The summed E-state index contributed by atoms with van der Waals surface area (Å²) in [5.41, 5.74) is 1.36. The van der Waals surface area contributed by atoms with Crippen molar-refractivity contribution in [2.75, 3.05) is 18.8 Å². The van der Waals surface area contributed by atoms with E-state index in [4.69, 9.17) is 0 Å². The zero-order chi connectivity index (χ0) is 13.8. The van der Waals surface area contributed by atoms with Crippen molar-refractivity contribution in [2.45, 2.75) is 38.3 Å². The van der Waals surface area contributed by atoms with Crippen molar-refractivity contribution in [1.29, 1.82) is 0 Å². The molecule has 0 spiro atoms. The predicted molar refractivity (Wildman–Crippen MR) is 75.5 cm³/mol. The number of amides is 1. The van der Waals surface area contributed by atoms with Crippen molar-refractivity contribution < 1.29 is 4.79 Å². The van der Waals surface area contributed by atoms with Crippen LogP contribution in [-0.2, 0) is 11.2 Å². The van der Waals surface area contributed by atoms with Gasteiger partial charge >= 0.3 is 0 Å². The van der Waals surface area contributed by atoms with Gasteiger partial charge in [0.2, 0.25) is 5.91 Å². The van der Waals surface area contributed by atoms with E-state index in [1.54, 1.807) is 6.92 Å². The molecule has 2 heterocycles. The quantitative estimate of drug-likeness (QED) is 0.668. The van der Waals surface area contributed by atoms with E-state index in [2.05, 4.69) is 9.97 Å². The smallest absolute Gasteiger partial charge is 0.254 e. The molecule has 1 aromatic rings. The molecule has 6 heteroatoms. The Balaban J connectivity index is 2.01. The number of thioether (sulfide) groups is 1. The molecule has 1 N–H and O–H groups in total. The first-order valence-electron chi connectivity index (χ1n) is 6.62. The fourth-order valence-corrected chi connectivity index (χ4v) is 2.94. The summed E-state index contributed by atoms with van der Waals surface area (Å²) in [4.78, 5) is 32.6. The third kappa shape index (κ3) is 3.37. The van der Waals surface area contributed by atoms with Crippen LogP contribution in [0.3, 0.4) is 0 Å². The molecule has 1 amide bonds. The minimum Gasteiger partial charge on any atom is -0.342 e. The fourth-order valence-electron chi connectivity index (χ4n) is 2.16. The van der Waals surface area contributed by atoms with E-state index in [0.29, 0.717) is 16.5 Å². The van der Waals surface area contributed by atoms with Crippen LogP contribution in [0.25, 0.3) is 0 Å². The molecule has 5 nitrogen and oxygen atoms in total. The summed E-state index contributed by atoms with van der Waals surface area (Å²) in [5.74, 6) is 0.471. The van der Waals surface area contributed by atoms with Crippen molar-refractivity contribution in [3.8, 4) is 0 Å². The summed E-state index contributed by atoms with van der Waals surface area (Å²) in [6, 6.07) is 0. The van der Waals surface area contributed by atoms with Gasteiger partial charge in [-0.15, -0.1) is 0 Å². The predicted octanol–water partition coefficient (Wildman–Crippen LogP) is 1.36. The lowest BCUT2D eigenvalue weighted by Crippen LogP contribution is -2.29. The maximum Gasteiger partial charge on any atom is 0.254 e. The van der Waals surface area contributed by atoms with Crippen molar-refractivity contribution in [1.82, 2.24) is 14.9 Å². The Labute approximate surface area is 116 Å². The number of nitrogens with one attached hydrogen (secondary N) is 1. The lowest BCUT2D eigenvalue weighted by Gasteiger charge is -2.14. The maximum absolute atomic E-state index is 11.9. The molecule has 0 aromatic carbocycles. The monoisotopic (exact) mass is 281 g/mol. The Morgan fingerprint density at radius 2 is 2.11 bits per heavy atom. The van der Waals surface area contributed by atoms with Crippen LogP contribution in [0.5, 0.6) is 0 Å². The molecular formula is C13H19N3O2S. The van der Waals surface area contributed by atoms with E-state index in [1.807, 2.05) is 11.8 Å². The second kappa shape index (κ2) is 6.23. The van der Waals surface area contributed by atoms with Crippen molar-refractivity contribution in [3.63, 3.8) is 0 Å². The minimum absolute atomic E-state index is 0.108. The number of H-pyrrole nitrogens is 1. The molecule has 0 atom stereocenters. The Bertz CT molecular complexity index is 521. The highest BCUT2D eigenvalue weighted by atomic mass is 32.2. The van der Waals surface area contributed by atoms with E-state index in [1.165, 1.54) is 11.8 Å². The van der Waals surface area contributed by atoms with Crippen LogP contribution >= 0.6 is 11.8 Å². The van der Waals surface area contributed by atoms with Gasteiger partial charge in [0.1, 0.15) is 0 Å². The zero-order valence-corrected chi connectivity index (χ0v) is 12.2. The maximum atomic E-state index is 11.9. The van der Waals surface area contributed by atoms with Gasteiger partial charge in [0.05, 0.1) is 11.4 Å². The molecule has 0 saturated carbocycles. The highest BCUT2D eigenvalue weighted by molar-refractivity contribution is 7.99. The van der Waals surface area contributed by atoms with Gasteiger partial charge in [-0.25, -0.2) is 4.98 Å². The van der Waals surface area contributed by atoms with Crippen LogP contribution in [0.15, 0.2) is 9.95 Å². The number of hydrogen-bond donors (Lipinski definition) is 1. The Hall–Kier alpha value is -1.30. The number of rotatable bonds is 4. The largest absolute Gasteiger partial charge is 0.342 e. The Kier molecular flexibility index (Phi) is 4.63. The number of likely N-dealkylation sites (tertiary alicyclic amines) is 1. The molecule has 0 aliphatic carbocycles. The summed E-state index contributed by atoms with van der Waals surface area (Å²) in [6.07, 6.45) is 2.91. The fraction of sp³-hybridized carbons (Fsp3) is 0.615. The first-order chi connectivity index (χ1) is 9.11. The molecule has 0 unspecified atom stereocenters. The van der Waals surface area contributed by atoms with Gasteiger partial charge < -0.3 is 9.88 Å². The van der Waals surface area contributed by atoms with Crippen LogP contribution in [-0.4, -0.2) is 39.6 Å². The number of nitrogens with zero attached hydrogens (tertiary/aromatic N) is 2. The molecule has 1 fully saturated rings. The highest BCUT2D eigenvalue weighted by Gasteiger charge is 2.18. The Morgan fingerprint density at radius 1 is 1.42 bits per heavy atom. The number of carbonyl (C=O) groups is 1. The van der Waals surface area contributed by atoms with E-state index in [0.717, 1.165) is 38.0 Å². The average molecular weight is 281 g/mol. The Morgan fingerprint density at radius 3 is 2.74 bits per heavy atom.